The number of hydrogen-bond donors (Lipinski definition) is 2. The SMILES string of the molecule is CC1CCN(C(C)CNC(=O)CN)CC1. The van der Waals surface area contributed by atoms with E-state index < -0.39 is 0 Å². The van der Waals surface area contributed by atoms with Gasteiger partial charge < -0.3 is 11.1 Å². The van der Waals surface area contributed by atoms with Crippen LogP contribution >= 0.6 is 0 Å². The molecule has 4 heteroatoms. The molecule has 1 saturated heterocycles. The zero-order valence-corrected chi connectivity index (χ0v) is 9.83. The summed E-state index contributed by atoms with van der Waals surface area (Å²) in [6.45, 7) is 7.57. The van der Waals surface area contributed by atoms with E-state index in [1.54, 1.807) is 0 Å². The van der Waals surface area contributed by atoms with Crippen LogP contribution in [0.4, 0.5) is 0 Å². The van der Waals surface area contributed by atoms with Crippen molar-refractivity contribution in [2.75, 3.05) is 26.2 Å². The van der Waals surface area contributed by atoms with Gasteiger partial charge in [-0.3, -0.25) is 9.69 Å². The molecule has 0 aromatic heterocycles. The highest BCUT2D eigenvalue weighted by Gasteiger charge is 2.20. The van der Waals surface area contributed by atoms with Crippen molar-refractivity contribution in [3.63, 3.8) is 0 Å². The van der Waals surface area contributed by atoms with Gasteiger partial charge in [0.25, 0.3) is 0 Å². The van der Waals surface area contributed by atoms with Crippen LogP contribution in [0.25, 0.3) is 0 Å². The van der Waals surface area contributed by atoms with Crippen molar-refractivity contribution >= 4 is 5.91 Å². The van der Waals surface area contributed by atoms with E-state index in [0.717, 1.165) is 19.0 Å². The molecule has 1 aliphatic rings. The standard InChI is InChI=1S/C11H23N3O/c1-9-3-5-14(6-4-9)10(2)8-13-11(15)7-12/h9-10H,3-8,12H2,1-2H3,(H,13,15). The number of rotatable bonds is 4. The third kappa shape index (κ3) is 4.18. The Morgan fingerprint density at radius 2 is 2.13 bits per heavy atom. The van der Waals surface area contributed by atoms with Gasteiger partial charge in [0.2, 0.25) is 5.91 Å². The summed E-state index contributed by atoms with van der Waals surface area (Å²) in [6, 6.07) is 0.424. The highest BCUT2D eigenvalue weighted by molar-refractivity contribution is 5.77. The molecule has 0 aromatic carbocycles. The molecule has 1 rings (SSSR count). The number of nitrogens with two attached hydrogens (primary N) is 1. The Morgan fingerprint density at radius 1 is 1.53 bits per heavy atom. The topological polar surface area (TPSA) is 58.4 Å². The minimum absolute atomic E-state index is 0.0628. The Labute approximate surface area is 92.2 Å². The average Bonchev–Trinajstić information content (AvgIpc) is 2.26. The largest absolute Gasteiger partial charge is 0.353 e. The van der Waals surface area contributed by atoms with E-state index in [1.165, 1.54) is 12.8 Å². The first-order valence-electron chi connectivity index (χ1n) is 5.84. The van der Waals surface area contributed by atoms with Crippen molar-refractivity contribution in [1.29, 1.82) is 0 Å². The number of carbonyl (C=O) groups excluding carboxylic acids is 1. The first-order chi connectivity index (χ1) is 7.13. The fourth-order valence-electron chi connectivity index (χ4n) is 1.93. The molecule has 1 aliphatic heterocycles. The summed E-state index contributed by atoms with van der Waals surface area (Å²) in [5, 5.41) is 2.84. The Hall–Kier alpha value is -0.610. The van der Waals surface area contributed by atoms with Gasteiger partial charge in [0.1, 0.15) is 0 Å². The number of piperidine rings is 1. The van der Waals surface area contributed by atoms with Gasteiger partial charge in [-0.2, -0.15) is 0 Å². The second-order valence-corrected chi connectivity index (χ2v) is 4.58. The molecule has 0 aromatic rings. The molecular formula is C11H23N3O. The first-order valence-corrected chi connectivity index (χ1v) is 5.84. The lowest BCUT2D eigenvalue weighted by Crippen LogP contribution is -2.46. The maximum Gasteiger partial charge on any atom is 0.233 e. The van der Waals surface area contributed by atoms with Gasteiger partial charge in [-0.25, -0.2) is 0 Å². The van der Waals surface area contributed by atoms with E-state index in [2.05, 4.69) is 24.1 Å². The van der Waals surface area contributed by atoms with Crippen LogP contribution in [0.1, 0.15) is 26.7 Å². The monoisotopic (exact) mass is 213 g/mol. The second kappa shape index (κ2) is 6.08. The van der Waals surface area contributed by atoms with Crippen LogP contribution in [0.2, 0.25) is 0 Å². The van der Waals surface area contributed by atoms with E-state index >= 15 is 0 Å². The molecule has 1 fully saturated rings. The lowest BCUT2D eigenvalue weighted by molar-refractivity contribution is -0.120. The van der Waals surface area contributed by atoms with Gasteiger partial charge in [0.15, 0.2) is 0 Å². The molecule has 0 radical (unpaired) electrons. The van der Waals surface area contributed by atoms with Crippen LogP contribution in [0.5, 0.6) is 0 Å². The van der Waals surface area contributed by atoms with Gasteiger partial charge in [-0.1, -0.05) is 6.92 Å². The summed E-state index contributed by atoms with van der Waals surface area (Å²) < 4.78 is 0. The Kier molecular flexibility index (Phi) is 5.05. The minimum atomic E-state index is -0.0628. The summed E-state index contributed by atoms with van der Waals surface area (Å²) in [4.78, 5) is 13.4. The molecule has 0 saturated carbocycles. The van der Waals surface area contributed by atoms with Crippen molar-refractivity contribution in [3.8, 4) is 0 Å². The average molecular weight is 213 g/mol. The second-order valence-electron chi connectivity index (χ2n) is 4.58. The van der Waals surface area contributed by atoms with Gasteiger partial charge in [-0.05, 0) is 38.8 Å². The Morgan fingerprint density at radius 3 is 2.67 bits per heavy atom. The first kappa shape index (κ1) is 12.5. The van der Waals surface area contributed by atoms with Gasteiger partial charge in [0.05, 0.1) is 6.54 Å². The summed E-state index contributed by atoms with van der Waals surface area (Å²) >= 11 is 0. The number of amides is 1. The molecule has 1 unspecified atom stereocenters. The minimum Gasteiger partial charge on any atom is -0.353 e. The zero-order valence-electron chi connectivity index (χ0n) is 9.83. The number of nitrogens with one attached hydrogen (secondary N) is 1. The number of carbonyl (C=O) groups is 1. The van der Waals surface area contributed by atoms with Gasteiger partial charge in [0, 0.05) is 12.6 Å². The molecule has 0 bridgehead atoms. The summed E-state index contributed by atoms with van der Waals surface area (Å²) in [7, 11) is 0. The fourth-order valence-corrected chi connectivity index (χ4v) is 1.93. The molecule has 1 amide bonds. The van der Waals surface area contributed by atoms with Crippen LogP contribution < -0.4 is 11.1 Å². The van der Waals surface area contributed by atoms with E-state index in [9.17, 15) is 4.79 Å². The van der Waals surface area contributed by atoms with E-state index in [4.69, 9.17) is 5.73 Å². The fraction of sp³-hybridized carbons (Fsp3) is 0.909. The summed E-state index contributed by atoms with van der Waals surface area (Å²) in [5.41, 5.74) is 5.23. The predicted molar refractivity (Wildman–Crippen MR) is 61.5 cm³/mol. The Bertz CT molecular complexity index is 200. The Balaban J connectivity index is 2.22. The molecule has 0 aliphatic carbocycles. The zero-order chi connectivity index (χ0) is 11.3. The quantitative estimate of drug-likeness (QED) is 0.700. The maximum absolute atomic E-state index is 11.0. The highest BCUT2D eigenvalue weighted by Crippen LogP contribution is 2.17. The molecule has 1 atom stereocenters. The number of hydrogen-bond acceptors (Lipinski definition) is 3. The molecule has 88 valence electrons. The maximum atomic E-state index is 11.0. The van der Waals surface area contributed by atoms with E-state index in [-0.39, 0.29) is 12.5 Å². The van der Waals surface area contributed by atoms with Crippen molar-refractivity contribution < 1.29 is 4.79 Å². The summed E-state index contributed by atoms with van der Waals surface area (Å²) in [6.07, 6.45) is 2.55. The third-order valence-corrected chi connectivity index (χ3v) is 3.22. The predicted octanol–water partition coefficient (Wildman–Crippen LogP) is 0.182. The molecule has 1 heterocycles. The van der Waals surface area contributed by atoms with Crippen LogP contribution in [0, 0.1) is 5.92 Å². The van der Waals surface area contributed by atoms with Crippen molar-refractivity contribution in [1.82, 2.24) is 10.2 Å². The molecule has 4 nitrogen and oxygen atoms in total. The number of nitrogens with zero attached hydrogens (tertiary/aromatic N) is 1. The van der Waals surface area contributed by atoms with Crippen LogP contribution in [0.3, 0.4) is 0 Å². The molecule has 3 N–H and O–H groups in total. The number of likely N-dealkylation sites (tertiary alicyclic amines) is 1. The normalized spacial score (nSPS) is 21.3. The van der Waals surface area contributed by atoms with Gasteiger partial charge >= 0.3 is 0 Å². The van der Waals surface area contributed by atoms with Crippen LogP contribution in [-0.4, -0.2) is 43.0 Å². The summed E-state index contributed by atoms with van der Waals surface area (Å²) in [5.74, 6) is 0.791. The molecule has 15 heavy (non-hydrogen) atoms. The van der Waals surface area contributed by atoms with E-state index in [0.29, 0.717) is 12.6 Å². The highest BCUT2D eigenvalue weighted by atomic mass is 16.1. The van der Waals surface area contributed by atoms with E-state index in [1.807, 2.05) is 0 Å². The lowest BCUT2D eigenvalue weighted by atomic mass is 9.98. The van der Waals surface area contributed by atoms with Crippen molar-refractivity contribution in [2.24, 2.45) is 11.7 Å². The van der Waals surface area contributed by atoms with Crippen molar-refractivity contribution in [3.05, 3.63) is 0 Å². The smallest absolute Gasteiger partial charge is 0.233 e. The van der Waals surface area contributed by atoms with Crippen LogP contribution in [-0.2, 0) is 4.79 Å². The molecule has 0 spiro atoms. The lowest BCUT2D eigenvalue weighted by Gasteiger charge is -2.34. The van der Waals surface area contributed by atoms with Gasteiger partial charge in [-0.15, -0.1) is 0 Å². The van der Waals surface area contributed by atoms with Crippen molar-refractivity contribution in [2.45, 2.75) is 32.7 Å². The van der Waals surface area contributed by atoms with Crippen LogP contribution in [0.15, 0.2) is 0 Å². The third-order valence-electron chi connectivity index (χ3n) is 3.22. The molecular weight excluding hydrogens is 190 g/mol.